The van der Waals surface area contributed by atoms with E-state index in [0.29, 0.717) is 19.1 Å². The Balaban J connectivity index is 1.92. The summed E-state index contributed by atoms with van der Waals surface area (Å²) in [6.07, 6.45) is 6.29. The average molecular weight is 263 g/mol. The smallest absolute Gasteiger partial charge is 0.220 e. The second kappa shape index (κ2) is 9.63. The van der Waals surface area contributed by atoms with Gasteiger partial charge in [-0.25, -0.2) is 0 Å². The molecule has 0 aromatic heterocycles. The molecule has 1 amide bonds. The molecule has 0 atom stereocenters. The van der Waals surface area contributed by atoms with Crippen LogP contribution < -0.4 is 5.32 Å². The molecule has 1 saturated carbocycles. The van der Waals surface area contributed by atoms with Gasteiger partial charge in [-0.2, -0.15) is 0 Å². The minimum Gasteiger partial charge on any atom is -0.377 e. The average Bonchev–Trinajstić information content (AvgIpc) is 3.19. The van der Waals surface area contributed by atoms with Crippen LogP contribution in [0.15, 0.2) is 12.2 Å². The van der Waals surface area contributed by atoms with Crippen LogP contribution in [0.25, 0.3) is 0 Å². The van der Waals surface area contributed by atoms with Crippen LogP contribution in [-0.2, 0) is 9.53 Å². The van der Waals surface area contributed by atoms with Crippen LogP contribution >= 0.6 is 0 Å². The van der Waals surface area contributed by atoms with Gasteiger partial charge in [-0.3, -0.25) is 4.79 Å². The Morgan fingerprint density at radius 2 is 2.05 bits per heavy atom. The standard InChI is InChI=1S/C16H25NO2/c1-3-19-13-14(2)9-7-5-4-6-8-10-16(18)17-15-11-12-15/h15H,2-3,6-13H2,1H3,(H,17,18). The largest absolute Gasteiger partial charge is 0.377 e. The number of amides is 1. The van der Waals surface area contributed by atoms with Crippen molar-refractivity contribution in [3.8, 4) is 11.8 Å². The van der Waals surface area contributed by atoms with Gasteiger partial charge in [0.15, 0.2) is 0 Å². The first-order chi connectivity index (χ1) is 9.22. The lowest BCUT2D eigenvalue weighted by molar-refractivity contribution is -0.121. The topological polar surface area (TPSA) is 38.3 Å². The molecule has 19 heavy (non-hydrogen) atoms. The highest BCUT2D eigenvalue weighted by molar-refractivity contribution is 5.76. The predicted octanol–water partition coefficient (Wildman–Crippen LogP) is 2.81. The zero-order chi connectivity index (χ0) is 13.9. The summed E-state index contributed by atoms with van der Waals surface area (Å²) >= 11 is 0. The Morgan fingerprint density at radius 3 is 2.74 bits per heavy atom. The number of unbranched alkanes of at least 4 members (excludes halogenated alkanes) is 1. The van der Waals surface area contributed by atoms with Gasteiger partial charge < -0.3 is 10.1 Å². The summed E-state index contributed by atoms with van der Waals surface area (Å²) < 4.78 is 5.26. The summed E-state index contributed by atoms with van der Waals surface area (Å²) in [6, 6.07) is 0.468. The molecule has 0 bridgehead atoms. The van der Waals surface area contributed by atoms with Crippen molar-refractivity contribution in [3.63, 3.8) is 0 Å². The molecule has 0 aromatic carbocycles. The molecular formula is C16H25NO2. The predicted molar refractivity (Wildman–Crippen MR) is 77.7 cm³/mol. The molecule has 0 radical (unpaired) electrons. The molecule has 0 saturated heterocycles. The highest BCUT2D eigenvalue weighted by Gasteiger charge is 2.22. The van der Waals surface area contributed by atoms with Crippen LogP contribution in [-0.4, -0.2) is 25.2 Å². The second-order valence-corrected chi connectivity index (χ2v) is 4.94. The first-order valence-electron chi connectivity index (χ1n) is 7.22. The van der Waals surface area contributed by atoms with Crippen LogP contribution in [0.5, 0.6) is 0 Å². The third kappa shape index (κ3) is 9.32. The van der Waals surface area contributed by atoms with Crippen LogP contribution in [0.1, 0.15) is 51.9 Å². The molecular weight excluding hydrogens is 238 g/mol. The van der Waals surface area contributed by atoms with Gasteiger partial charge in [0.05, 0.1) is 6.61 Å². The van der Waals surface area contributed by atoms with Crippen LogP contribution in [0.4, 0.5) is 0 Å². The van der Waals surface area contributed by atoms with E-state index in [2.05, 4.69) is 23.7 Å². The molecule has 106 valence electrons. The molecule has 1 rings (SSSR count). The van der Waals surface area contributed by atoms with Crippen molar-refractivity contribution in [2.45, 2.75) is 57.9 Å². The molecule has 1 aliphatic rings. The molecule has 3 nitrogen and oxygen atoms in total. The Morgan fingerprint density at radius 1 is 1.32 bits per heavy atom. The van der Waals surface area contributed by atoms with E-state index in [9.17, 15) is 4.79 Å². The van der Waals surface area contributed by atoms with Crippen molar-refractivity contribution >= 4 is 5.91 Å². The highest BCUT2D eigenvalue weighted by atomic mass is 16.5. The third-order valence-corrected chi connectivity index (χ3v) is 2.89. The third-order valence-electron chi connectivity index (χ3n) is 2.89. The van der Waals surface area contributed by atoms with E-state index < -0.39 is 0 Å². The number of hydrogen-bond acceptors (Lipinski definition) is 2. The van der Waals surface area contributed by atoms with E-state index in [1.807, 2.05) is 6.92 Å². The fourth-order valence-corrected chi connectivity index (χ4v) is 1.60. The fraction of sp³-hybridized carbons (Fsp3) is 0.688. The van der Waals surface area contributed by atoms with Gasteiger partial charge in [-0.05, 0) is 32.6 Å². The Labute approximate surface area is 116 Å². The van der Waals surface area contributed by atoms with Crippen LogP contribution in [0, 0.1) is 11.8 Å². The zero-order valence-electron chi connectivity index (χ0n) is 12.0. The minimum atomic E-state index is 0.175. The zero-order valence-corrected chi connectivity index (χ0v) is 12.0. The maximum absolute atomic E-state index is 11.4. The molecule has 3 heteroatoms. The van der Waals surface area contributed by atoms with Crippen molar-refractivity contribution in [1.82, 2.24) is 5.32 Å². The van der Waals surface area contributed by atoms with Crippen molar-refractivity contribution in [3.05, 3.63) is 12.2 Å². The Bertz CT molecular complexity index is 347. The van der Waals surface area contributed by atoms with E-state index >= 15 is 0 Å². The summed E-state index contributed by atoms with van der Waals surface area (Å²) in [7, 11) is 0. The number of carbonyl (C=O) groups is 1. The van der Waals surface area contributed by atoms with Gasteiger partial charge in [0.25, 0.3) is 0 Å². The molecule has 0 spiro atoms. The van der Waals surface area contributed by atoms with Crippen molar-refractivity contribution in [2.24, 2.45) is 0 Å². The summed E-state index contributed by atoms with van der Waals surface area (Å²) in [6.45, 7) is 7.28. The van der Waals surface area contributed by atoms with E-state index in [4.69, 9.17) is 4.74 Å². The maximum atomic E-state index is 11.4. The first kappa shape index (κ1) is 15.8. The Kier molecular flexibility index (Phi) is 8.00. The summed E-state index contributed by atoms with van der Waals surface area (Å²) in [5, 5.41) is 2.98. The first-order valence-corrected chi connectivity index (χ1v) is 7.22. The lowest BCUT2D eigenvalue weighted by Crippen LogP contribution is -2.24. The van der Waals surface area contributed by atoms with E-state index in [1.165, 1.54) is 0 Å². The number of ether oxygens (including phenoxy) is 1. The van der Waals surface area contributed by atoms with Gasteiger partial charge in [-0.15, -0.1) is 11.8 Å². The van der Waals surface area contributed by atoms with E-state index in [0.717, 1.165) is 50.7 Å². The number of carbonyl (C=O) groups excluding carboxylic acids is 1. The van der Waals surface area contributed by atoms with E-state index in [-0.39, 0.29) is 5.91 Å². The van der Waals surface area contributed by atoms with Gasteiger partial charge in [0, 0.05) is 31.9 Å². The lowest BCUT2D eigenvalue weighted by Gasteiger charge is -2.02. The molecule has 0 aliphatic heterocycles. The van der Waals surface area contributed by atoms with Crippen LogP contribution in [0.3, 0.4) is 0 Å². The van der Waals surface area contributed by atoms with Crippen LogP contribution in [0.2, 0.25) is 0 Å². The summed E-state index contributed by atoms with van der Waals surface area (Å²) in [5.41, 5.74) is 1.10. The fourth-order valence-electron chi connectivity index (χ4n) is 1.60. The van der Waals surface area contributed by atoms with Crippen molar-refractivity contribution < 1.29 is 9.53 Å². The second-order valence-electron chi connectivity index (χ2n) is 4.94. The summed E-state index contributed by atoms with van der Waals surface area (Å²) in [5.74, 6) is 6.41. The van der Waals surface area contributed by atoms with Gasteiger partial charge in [-0.1, -0.05) is 12.2 Å². The molecule has 0 aromatic rings. The molecule has 1 fully saturated rings. The lowest BCUT2D eigenvalue weighted by atomic mass is 10.1. The minimum absolute atomic E-state index is 0.175. The molecule has 0 unspecified atom stereocenters. The molecule has 1 aliphatic carbocycles. The number of hydrogen-bond donors (Lipinski definition) is 1. The van der Waals surface area contributed by atoms with Gasteiger partial charge in [0.2, 0.25) is 5.91 Å². The SMILES string of the molecule is C=C(CCC#CCCCC(=O)NC1CC1)COCC. The molecule has 1 N–H and O–H groups in total. The number of nitrogens with one attached hydrogen (secondary N) is 1. The van der Waals surface area contributed by atoms with Gasteiger partial charge in [0.1, 0.15) is 0 Å². The molecule has 0 heterocycles. The number of rotatable bonds is 9. The quantitative estimate of drug-likeness (QED) is 0.394. The van der Waals surface area contributed by atoms with Crippen molar-refractivity contribution in [2.75, 3.05) is 13.2 Å². The Hall–Kier alpha value is -1.27. The summed E-state index contributed by atoms with van der Waals surface area (Å²) in [4.78, 5) is 11.4. The van der Waals surface area contributed by atoms with Gasteiger partial charge >= 0.3 is 0 Å². The van der Waals surface area contributed by atoms with Crippen molar-refractivity contribution in [1.29, 1.82) is 0 Å². The maximum Gasteiger partial charge on any atom is 0.220 e. The normalized spacial score (nSPS) is 13.5. The highest BCUT2D eigenvalue weighted by Crippen LogP contribution is 2.18. The van der Waals surface area contributed by atoms with E-state index in [1.54, 1.807) is 0 Å². The monoisotopic (exact) mass is 263 g/mol.